The lowest BCUT2D eigenvalue weighted by Gasteiger charge is -2.25. The van der Waals surface area contributed by atoms with Crippen molar-refractivity contribution in [2.45, 2.75) is 19.0 Å². The summed E-state index contributed by atoms with van der Waals surface area (Å²) in [5.41, 5.74) is 9.29. The van der Waals surface area contributed by atoms with Crippen molar-refractivity contribution in [2.75, 3.05) is 0 Å². The summed E-state index contributed by atoms with van der Waals surface area (Å²) in [5, 5.41) is 3.12. The molecule has 27 heavy (non-hydrogen) atoms. The van der Waals surface area contributed by atoms with Crippen LogP contribution < -0.4 is 15.8 Å². The van der Waals surface area contributed by atoms with E-state index in [2.05, 4.69) is 41.5 Å². The van der Waals surface area contributed by atoms with E-state index in [1.54, 1.807) is 0 Å². The lowest BCUT2D eigenvalue weighted by molar-refractivity contribution is 0.403. The smallest absolute Gasteiger partial charge is 0.196 e. The standard InChI is InChI=1S/C22H20N4O/c1-13-11-15(12-18-19(13)16-9-5-6-10-17(16)27-18)21-24-20(25-22(23)26-21)14-7-3-2-4-8-14/h2-13,19-20H,1H3,(H3,23,24,25,26). The van der Waals surface area contributed by atoms with Crippen molar-refractivity contribution < 1.29 is 4.74 Å². The monoisotopic (exact) mass is 356 g/mol. The van der Waals surface area contributed by atoms with E-state index in [1.807, 2.05) is 42.5 Å². The van der Waals surface area contributed by atoms with Crippen molar-refractivity contribution in [2.24, 2.45) is 21.6 Å². The van der Waals surface area contributed by atoms with Crippen LogP contribution in [0.3, 0.4) is 0 Å². The second-order valence-corrected chi connectivity index (χ2v) is 7.05. The molecule has 2 aliphatic heterocycles. The van der Waals surface area contributed by atoms with Gasteiger partial charge in [-0.2, -0.15) is 0 Å². The number of aliphatic imine (C=N–C) groups is 2. The number of fused-ring (bicyclic) bond motifs is 3. The molecule has 3 aliphatic rings. The lowest BCUT2D eigenvalue weighted by atomic mass is 9.81. The number of hydrogen-bond donors (Lipinski definition) is 2. The fraction of sp³-hybridized carbons (Fsp3) is 0.182. The summed E-state index contributed by atoms with van der Waals surface area (Å²) in [6.45, 7) is 2.21. The van der Waals surface area contributed by atoms with E-state index in [4.69, 9.17) is 15.5 Å². The molecule has 0 aromatic heterocycles. The molecular weight excluding hydrogens is 336 g/mol. The Kier molecular flexibility index (Phi) is 3.60. The zero-order valence-corrected chi connectivity index (χ0v) is 15.0. The Labute approximate surface area is 158 Å². The number of nitrogens with one attached hydrogen (secondary N) is 1. The zero-order chi connectivity index (χ0) is 18.4. The van der Waals surface area contributed by atoms with Crippen LogP contribution >= 0.6 is 0 Å². The molecule has 134 valence electrons. The second-order valence-electron chi connectivity index (χ2n) is 7.05. The first kappa shape index (κ1) is 15.9. The van der Waals surface area contributed by atoms with E-state index in [1.165, 1.54) is 5.56 Å². The molecule has 0 bridgehead atoms. The first-order valence-electron chi connectivity index (χ1n) is 9.12. The van der Waals surface area contributed by atoms with Crippen LogP contribution in [0.5, 0.6) is 5.75 Å². The van der Waals surface area contributed by atoms with Crippen LogP contribution in [-0.4, -0.2) is 11.8 Å². The fourth-order valence-corrected chi connectivity index (χ4v) is 3.95. The third-order valence-electron chi connectivity index (χ3n) is 5.18. The SMILES string of the molecule is CC1C=C(C2=NC(c3ccccc3)N=C(N)N2)C=C2Oc3ccccc3C21. The molecule has 2 aromatic rings. The van der Waals surface area contributed by atoms with Crippen LogP contribution in [0.15, 0.2) is 88.1 Å². The van der Waals surface area contributed by atoms with Gasteiger partial charge in [0.05, 0.1) is 5.92 Å². The number of nitrogens with two attached hydrogens (primary N) is 1. The Morgan fingerprint density at radius 3 is 2.63 bits per heavy atom. The van der Waals surface area contributed by atoms with Gasteiger partial charge in [0.1, 0.15) is 17.3 Å². The highest BCUT2D eigenvalue weighted by molar-refractivity contribution is 6.11. The number of guanidine groups is 1. The summed E-state index contributed by atoms with van der Waals surface area (Å²) in [5.74, 6) is 3.56. The van der Waals surface area contributed by atoms with Crippen molar-refractivity contribution in [3.63, 3.8) is 0 Å². The van der Waals surface area contributed by atoms with E-state index < -0.39 is 0 Å². The van der Waals surface area contributed by atoms with Gasteiger partial charge in [-0.05, 0) is 23.6 Å². The molecule has 0 radical (unpaired) electrons. The molecule has 0 saturated heterocycles. The predicted molar refractivity (Wildman–Crippen MR) is 107 cm³/mol. The van der Waals surface area contributed by atoms with Gasteiger partial charge in [-0.15, -0.1) is 0 Å². The van der Waals surface area contributed by atoms with Crippen LogP contribution in [0.1, 0.15) is 30.1 Å². The summed E-state index contributed by atoms with van der Waals surface area (Å²) in [6, 6.07) is 18.2. The number of ether oxygens (including phenoxy) is 1. The largest absolute Gasteiger partial charge is 0.461 e. The third kappa shape index (κ3) is 2.72. The number of nitrogens with zero attached hydrogens (tertiary/aromatic N) is 2. The highest BCUT2D eigenvalue weighted by Gasteiger charge is 2.36. The number of allylic oxidation sites excluding steroid dienone is 2. The second kappa shape index (κ2) is 6.13. The van der Waals surface area contributed by atoms with Gasteiger partial charge >= 0.3 is 0 Å². The maximum absolute atomic E-state index is 6.12. The van der Waals surface area contributed by atoms with E-state index in [0.29, 0.717) is 11.9 Å². The predicted octanol–water partition coefficient (Wildman–Crippen LogP) is 3.64. The van der Waals surface area contributed by atoms with Gasteiger partial charge in [0.25, 0.3) is 0 Å². The number of rotatable bonds is 2. The van der Waals surface area contributed by atoms with Crippen LogP contribution in [0.25, 0.3) is 0 Å². The summed E-state index contributed by atoms with van der Waals surface area (Å²) >= 11 is 0. The molecule has 2 heterocycles. The molecule has 3 unspecified atom stereocenters. The number of para-hydroxylation sites is 1. The van der Waals surface area contributed by atoms with Gasteiger partial charge in [-0.25, -0.2) is 9.98 Å². The average Bonchev–Trinajstić information content (AvgIpc) is 3.07. The fourth-order valence-electron chi connectivity index (χ4n) is 3.95. The topological polar surface area (TPSA) is 72.0 Å². The minimum atomic E-state index is -0.337. The van der Waals surface area contributed by atoms with Crippen molar-refractivity contribution >= 4 is 11.8 Å². The van der Waals surface area contributed by atoms with Gasteiger partial charge in [0.2, 0.25) is 0 Å². The summed E-state index contributed by atoms with van der Waals surface area (Å²) in [4.78, 5) is 9.23. The molecule has 3 atom stereocenters. The molecule has 1 aliphatic carbocycles. The molecule has 5 nitrogen and oxygen atoms in total. The summed E-state index contributed by atoms with van der Waals surface area (Å²) in [6.07, 6.45) is 3.96. The highest BCUT2D eigenvalue weighted by atomic mass is 16.5. The minimum Gasteiger partial charge on any atom is -0.461 e. The molecule has 0 saturated carbocycles. The van der Waals surface area contributed by atoms with Crippen LogP contribution in [0, 0.1) is 5.92 Å². The third-order valence-corrected chi connectivity index (χ3v) is 5.18. The minimum absolute atomic E-state index is 0.255. The van der Waals surface area contributed by atoms with Crippen molar-refractivity contribution in [1.82, 2.24) is 5.32 Å². The Balaban J connectivity index is 1.50. The first-order chi connectivity index (χ1) is 13.2. The van der Waals surface area contributed by atoms with Crippen LogP contribution in [-0.2, 0) is 0 Å². The number of amidine groups is 1. The van der Waals surface area contributed by atoms with Gasteiger partial charge in [0.15, 0.2) is 12.1 Å². The van der Waals surface area contributed by atoms with E-state index >= 15 is 0 Å². The highest BCUT2D eigenvalue weighted by Crippen LogP contribution is 2.47. The van der Waals surface area contributed by atoms with Crippen LogP contribution in [0.4, 0.5) is 0 Å². The Hall–Kier alpha value is -3.34. The van der Waals surface area contributed by atoms with Crippen LogP contribution in [0.2, 0.25) is 0 Å². The van der Waals surface area contributed by atoms with E-state index in [9.17, 15) is 0 Å². The maximum Gasteiger partial charge on any atom is 0.196 e. The normalized spacial score (nSPS) is 25.7. The van der Waals surface area contributed by atoms with Crippen molar-refractivity contribution in [1.29, 1.82) is 0 Å². The molecule has 3 N–H and O–H groups in total. The van der Waals surface area contributed by atoms with Gasteiger partial charge in [-0.1, -0.05) is 61.5 Å². The maximum atomic E-state index is 6.12. The Morgan fingerprint density at radius 2 is 1.78 bits per heavy atom. The number of hydrogen-bond acceptors (Lipinski definition) is 5. The summed E-state index contributed by atoms with van der Waals surface area (Å²) < 4.78 is 6.12. The summed E-state index contributed by atoms with van der Waals surface area (Å²) in [7, 11) is 0. The Bertz CT molecular complexity index is 1020. The quantitative estimate of drug-likeness (QED) is 0.863. The molecule has 5 rings (SSSR count). The molecule has 5 heteroatoms. The Morgan fingerprint density at radius 1 is 1.00 bits per heavy atom. The lowest BCUT2D eigenvalue weighted by Crippen LogP contribution is -2.41. The number of benzene rings is 2. The molecule has 2 aromatic carbocycles. The van der Waals surface area contributed by atoms with Crippen molar-refractivity contribution in [3.05, 3.63) is 89.2 Å². The molecule has 0 fully saturated rings. The van der Waals surface area contributed by atoms with E-state index in [-0.39, 0.29) is 12.1 Å². The average molecular weight is 356 g/mol. The van der Waals surface area contributed by atoms with Gasteiger partial charge in [0, 0.05) is 11.1 Å². The van der Waals surface area contributed by atoms with E-state index in [0.717, 1.165) is 28.5 Å². The van der Waals surface area contributed by atoms with Crippen molar-refractivity contribution in [3.8, 4) is 5.75 Å². The van der Waals surface area contributed by atoms with Gasteiger partial charge in [-0.3, -0.25) is 0 Å². The van der Waals surface area contributed by atoms with Gasteiger partial charge < -0.3 is 15.8 Å². The zero-order valence-electron chi connectivity index (χ0n) is 15.0. The molecule has 0 amide bonds. The molecular formula is C22H20N4O. The first-order valence-corrected chi connectivity index (χ1v) is 9.12. The molecule has 0 spiro atoms.